The van der Waals surface area contributed by atoms with Crippen molar-refractivity contribution in [2.24, 2.45) is 5.92 Å². The van der Waals surface area contributed by atoms with Crippen LogP contribution in [-0.4, -0.2) is 30.5 Å². The van der Waals surface area contributed by atoms with Gasteiger partial charge >= 0.3 is 5.97 Å². The van der Waals surface area contributed by atoms with Gasteiger partial charge in [0.15, 0.2) is 4.90 Å². The van der Waals surface area contributed by atoms with Gasteiger partial charge < -0.3 is 5.11 Å². The molecule has 1 saturated carbocycles. The van der Waals surface area contributed by atoms with Crippen LogP contribution in [0.25, 0.3) is 0 Å². The molecule has 1 fully saturated rings. The highest BCUT2D eigenvalue weighted by atomic mass is 32.2. The van der Waals surface area contributed by atoms with Crippen LogP contribution in [0.15, 0.2) is 29.2 Å². The summed E-state index contributed by atoms with van der Waals surface area (Å²) in [4.78, 5) is 20.7. The number of nitrogens with one attached hydrogen (secondary N) is 1. The van der Waals surface area contributed by atoms with Crippen molar-refractivity contribution in [1.29, 1.82) is 0 Å². The molecule has 0 aromatic heterocycles. The molecule has 0 saturated heterocycles. The number of hydrogen-bond donors (Lipinski definition) is 2. The zero-order chi connectivity index (χ0) is 16.3. The van der Waals surface area contributed by atoms with Crippen LogP contribution in [0.3, 0.4) is 0 Å². The fourth-order valence-electron chi connectivity index (χ4n) is 2.58. The Morgan fingerprint density at radius 2 is 1.82 bits per heavy atom. The van der Waals surface area contributed by atoms with E-state index in [2.05, 4.69) is 4.72 Å². The van der Waals surface area contributed by atoms with E-state index < -0.39 is 38.6 Å². The third kappa shape index (κ3) is 3.60. The molecule has 1 aromatic rings. The van der Waals surface area contributed by atoms with Crippen molar-refractivity contribution in [1.82, 2.24) is 4.72 Å². The zero-order valence-electron chi connectivity index (χ0n) is 11.6. The standard InChI is InChI=1S/C13H16N2O6S/c16-13(17)9-5-7-10(8-6-9)14-22(20,21)12-4-2-1-3-11(12)15(18)19/h1-4,9-10,14H,5-8H2,(H,16,17). The summed E-state index contributed by atoms with van der Waals surface area (Å²) < 4.78 is 27.1. The summed E-state index contributed by atoms with van der Waals surface area (Å²) in [5.74, 6) is -1.33. The SMILES string of the molecule is O=C(O)C1CCC(NS(=O)(=O)c2ccccc2[N+](=O)[O-])CC1. The van der Waals surface area contributed by atoms with Crippen LogP contribution in [-0.2, 0) is 14.8 Å². The summed E-state index contributed by atoms with van der Waals surface area (Å²) in [6, 6.07) is 4.73. The second-order valence-corrected chi connectivity index (χ2v) is 6.92. The van der Waals surface area contributed by atoms with Gasteiger partial charge in [0.25, 0.3) is 5.69 Å². The molecule has 1 aliphatic rings. The van der Waals surface area contributed by atoms with E-state index in [-0.39, 0.29) is 4.90 Å². The minimum absolute atomic E-state index is 0.375. The molecule has 0 bridgehead atoms. The molecule has 0 atom stereocenters. The number of carboxylic acid groups (broad SMARTS) is 1. The van der Waals surface area contributed by atoms with Crippen LogP contribution >= 0.6 is 0 Å². The van der Waals surface area contributed by atoms with Crippen LogP contribution < -0.4 is 4.72 Å². The van der Waals surface area contributed by atoms with E-state index in [0.717, 1.165) is 6.07 Å². The van der Waals surface area contributed by atoms with Crippen LogP contribution in [0, 0.1) is 16.0 Å². The maximum atomic E-state index is 12.3. The highest BCUT2D eigenvalue weighted by Gasteiger charge is 2.31. The molecular weight excluding hydrogens is 312 g/mol. The number of rotatable bonds is 5. The van der Waals surface area contributed by atoms with Crippen LogP contribution in [0.1, 0.15) is 25.7 Å². The first kappa shape index (κ1) is 16.4. The first-order chi connectivity index (χ1) is 10.3. The van der Waals surface area contributed by atoms with Crippen LogP contribution in [0.5, 0.6) is 0 Å². The summed E-state index contributed by atoms with van der Waals surface area (Å²) in [7, 11) is -4.01. The smallest absolute Gasteiger partial charge is 0.306 e. The molecule has 0 aliphatic heterocycles. The lowest BCUT2D eigenvalue weighted by Crippen LogP contribution is -2.38. The molecule has 1 aliphatic carbocycles. The zero-order valence-corrected chi connectivity index (χ0v) is 12.5. The molecule has 2 rings (SSSR count). The van der Waals surface area contributed by atoms with Crippen molar-refractivity contribution in [3.05, 3.63) is 34.4 Å². The predicted octanol–water partition coefficient (Wildman–Crippen LogP) is 1.52. The summed E-state index contributed by atoms with van der Waals surface area (Å²) >= 11 is 0. The number of carboxylic acids is 1. The lowest BCUT2D eigenvalue weighted by molar-refractivity contribution is -0.387. The fraction of sp³-hybridized carbons (Fsp3) is 0.462. The Labute approximate surface area is 127 Å². The van der Waals surface area contributed by atoms with Gasteiger partial charge in [-0.3, -0.25) is 14.9 Å². The number of nitro groups is 1. The minimum atomic E-state index is -4.01. The van der Waals surface area contributed by atoms with E-state index in [4.69, 9.17) is 5.11 Å². The highest BCUT2D eigenvalue weighted by molar-refractivity contribution is 7.89. The van der Waals surface area contributed by atoms with Crippen LogP contribution in [0.2, 0.25) is 0 Å². The lowest BCUT2D eigenvalue weighted by Gasteiger charge is -2.26. The first-order valence-corrected chi connectivity index (χ1v) is 8.28. The Morgan fingerprint density at radius 1 is 1.23 bits per heavy atom. The Balaban J connectivity index is 2.13. The molecule has 2 N–H and O–H groups in total. The van der Waals surface area contributed by atoms with Crippen molar-refractivity contribution >= 4 is 21.7 Å². The molecule has 8 nitrogen and oxygen atoms in total. The van der Waals surface area contributed by atoms with E-state index in [9.17, 15) is 23.3 Å². The Bertz CT molecular complexity index is 680. The van der Waals surface area contributed by atoms with Gasteiger partial charge in [0.1, 0.15) is 0 Å². The van der Waals surface area contributed by atoms with Gasteiger partial charge in [0.2, 0.25) is 10.0 Å². The minimum Gasteiger partial charge on any atom is -0.481 e. The molecular formula is C13H16N2O6S. The number of para-hydroxylation sites is 1. The number of nitro benzene ring substituents is 1. The van der Waals surface area contributed by atoms with E-state index in [0.29, 0.717) is 25.7 Å². The third-order valence-electron chi connectivity index (χ3n) is 3.75. The number of hydrogen-bond acceptors (Lipinski definition) is 5. The summed E-state index contributed by atoms with van der Waals surface area (Å²) in [5.41, 5.74) is -0.478. The van der Waals surface area contributed by atoms with Gasteiger partial charge in [-0.1, -0.05) is 12.1 Å². The van der Waals surface area contributed by atoms with Gasteiger partial charge in [-0.15, -0.1) is 0 Å². The molecule has 0 spiro atoms. The molecule has 9 heteroatoms. The monoisotopic (exact) mass is 328 g/mol. The average molecular weight is 328 g/mol. The van der Waals surface area contributed by atoms with Crippen molar-refractivity contribution < 1.29 is 23.2 Å². The number of sulfonamides is 1. The normalized spacial score (nSPS) is 22.2. The van der Waals surface area contributed by atoms with Crippen LogP contribution in [0.4, 0.5) is 5.69 Å². The molecule has 0 heterocycles. The number of carbonyl (C=O) groups is 1. The van der Waals surface area contributed by atoms with Gasteiger partial charge in [0, 0.05) is 12.1 Å². The molecule has 22 heavy (non-hydrogen) atoms. The maximum Gasteiger partial charge on any atom is 0.306 e. The largest absolute Gasteiger partial charge is 0.481 e. The summed E-state index contributed by atoms with van der Waals surface area (Å²) in [5, 5.41) is 19.8. The van der Waals surface area contributed by atoms with Gasteiger partial charge in [-0.25, -0.2) is 13.1 Å². The van der Waals surface area contributed by atoms with Gasteiger partial charge in [-0.2, -0.15) is 0 Å². The quantitative estimate of drug-likeness (QED) is 0.623. The van der Waals surface area contributed by atoms with Crippen molar-refractivity contribution in [2.45, 2.75) is 36.6 Å². The Morgan fingerprint density at radius 3 is 2.36 bits per heavy atom. The third-order valence-corrected chi connectivity index (χ3v) is 5.32. The maximum absolute atomic E-state index is 12.3. The second-order valence-electron chi connectivity index (χ2n) is 5.23. The van der Waals surface area contributed by atoms with E-state index in [1.165, 1.54) is 18.2 Å². The molecule has 0 amide bonds. The van der Waals surface area contributed by atoms with E-state index >= 15 is 0 Å². The summed E-state index contributed by atoms with van der Waals surface area (Å²) in [6.45, 7) is 0. The predicted molar refractivity (Wildman–Crippen MR) is 76.8 cm³/mol. The van der Waals surface area contributed by atoms with Crippen molar-refractivity contribution in [3.8, 4) is 0 Å². The number of aliphatic carboxylic acids is 1. The Hall–Kier alpha value is -2.00. The topological polar surface area (TPSA) is 127 Å². The van der Waals surface area contributed by atoms with Gasteiger partial charge in [0.05, 0.1) is 10.8 Å². The average Bonchev–Trinajstić information content (AvgIpc) is 2.47. The Kier molecular flexibility index (Phi) is 4.77. The molecule has 0 unspecified atom stereocenters. The molecule has 120 valence electrons. The summed E-state index contributed by atoms with van der Waals surface area (Å²) in [6.07, 6.45) is 1.58. The molecule has 1 aromatic carbocycles. The molecule has 0 radical (unpaired) electrons. The number of nitrogens with zero attached hydrogens (tertiary/aromatic N) is 1. The lowest BCUT2D eigenvalue weighted by atomic mass is 9.87. The second kappa shape index (κ2) is 6.41. The van der Waals surface area contributed by atoms with E-state index in [1.54, 1.807) is 0 Å². The van der Waals surface area contributed by atoms with Crippen molar-refractivity contribution in [2.75, 3.05) is 0 Å². The van der Waals surface area contributed by atoms with Gasteiger partial charge in [-0.05, 0) is 31.7 Å². The first-order valence-electron chi connectivity index (χ1n) is 6.80. The fourth-order valence-corrected chi connectivity index (χ4v) is 4.05. The number of benzene rings is 1. The van der Waals surface area contributed by atoms with Crippen molar-refractivity contribution in [3.63, 3.8) is 0 Å². The highest BCUT2D eigenvalue weighted by Crippen LogP contribution is 2.27. The van der Waals surface area contributed by atoms with E-state index in [1.807, 2.05) is 0 Å².